The second-order valence-corrected chi connectivity index (χ2v) is 6.60. The Kier molecular flexibility index (Phi) is 2.93. The molecule has 0 atom stereocenters. The molecule has 1 N–H and O–H groups in total. The van der Waals surface area contributed by atoms with Crippen LogP contribution in [0.5, 0.6) is 0 Å². The Labute approximate surface area is 120 Å². The molecule has 0 aliphatic heterocycles. The Bertz CT molecular complexity index is 740. The van der Waals surface area contributed by atoms with Crippen molar-refractivity contribution in [1.82, 2.24) is 4.98 Å². The van der Waals surface area contributed by atoms with Crippen LogP contribution < -0.4 is 0 Å². The van der Waals surface area contributed by atoms with Gasteiger partial charge in [-0.1, -0.05) is 56.7 Å². The predicted molar refractivity (Wildman–Crippen MR) is 87.2 cm³/mol. The van der Waals surface area contributed by atoms with Gasteiger partial charge in [0.1, 0.15) is 0 Å². The molecule has 1 nitrogen and oxygen atoms in total. The summed E-state index contributed by atoms with van der Waals surface area (Å²) in [6.07, 6.45) is 0. The van der Waals surface area contributed by atoms with Crippen molar-refractivity contribution in [2.24, 2.45) is 0 Å². The number of nitrogens with one attached hydrogen (secondary N) is 1. The summed E-state index contributed by atoms with van der Waals surface area (Å²) in [6.45, 7) is 8.87. The molecule has 0 aliphatic carbocycles. The minimum Gasteiger partial charge on any atom is -0.355 e. The van der Waals surface area contributed by atoms with Crippen LogP contribution in [-0.2, 0) is 5.41 Å². The van der Waals surface area contributed by atoms with Gasteiger partial charge in [0, 0.05) is 16.6 Å². The minimum absolute atomic E-state index is 0.190. The van der Waals surface area contributed by atoms with Crippen LogP contribution in [0.15, 0.2) is 48.5 Å². The minimum atomic E-state index is 0.190. The topological polar surface area (TPSA) is 15.8 Å². The van der Waals surface area contributed by atoms with Crippen LogP contribution in [0.3, 0.4) is 0 Å². The molecule has 20 heavy (non-hydrogen) atoms. The van der Waals surface area contributed by atoms with E-state index in [1.807, 2.05) is 0 Å². The average molecular weight is 263 g/mol. The van der Waals surface area contributed by atoms with Gasteiger partial charge in [-0.25, -0.2) is 0 Å². The molecule has 3 rings (SSSR count). The number of aromatic amines is 1. The molecule has 1 aromatic heterocycles. The number of hydrogen-bond donors (Lipinski definition) is 1. The van der Waals surface area contributed by atoms with E-state index in [-0.39, 0.29) is 5.41 Å². The van der Waals surface area contributed by atoms with Crippen LogP contribution in [0.2, 0.25) is 0 Å². The van der Waals surface area contributed by atoms with Crippen LogP contribution in [0.25, 0.3) is 22.2 Å². The van der Waals surface area contributed by atoms with E-state index in [9.17, 15) is 0 Å². The fourth-order valence-electron chi connectivity index (χ4n) is 2.49. The summed E-state index contributed by atoms with van der Waals surface area (Å²) in [5, 5.41) is 1.29. The standard InChI is InChI=1S/C19H21N/c1-13-5-7-14(8-6-13)18-12-15-11-16(19(2,3)4)9-10-17(15)20-18/h5-12,20H,1-4H3. The molecular formula is C19H21N. The molecule has 0 fully saturated rings. The second kappa shape index (κ2) is 4.52. The fraction of sp³-hybridized carbons (Fsp3) is 0.263. The number of aryl methyl sites for hydroxylation is 1. The van der Waals surface area contributed by atoms with Gasteiger partial charge in [0.2, 0.25) is 0 Å². The molecule has 3 aromatic rings. The van der Waals surface area contributed by atoms with E-state index in [2.05, 4.69) is 81.2 Å². The zero-order valence-corrected chi connectivity index (χ0v) is 12.6. The largest absolute Gasteiger partial charge is 0.355 e. The van der Waals surface area contributed by atoms with Crippen molar-refractivity contribution in [3.63, 3.8) is 0 Å². The van der Waals surface area contributed by atoms with Crippen LogP contribution in [0.1, 0.15) is 31.9 Å². The number of aromatic nitrogens is 1. The Balaban J connectivity index is 2.09. The molecule has 0 bridgehead atoms. The lowest BCUT2D eigenvalue weighted by Gasteiger charge is -2.18. The quantitative estimate of drug-likeness (QED) is 0.601. The molecule has 0 saturated heterocycles. The highest BCUT2D eigenvalue weighted by molar-refractivity contribution is 5.86. The summed E-state index contributed by atoms with van der Waals surface area (Å²) in [6, 6.07) is 17.6. The van der Waals surface area contributed by atoms with E-state index >= 15 is 0 Å². The van der Waals surface area contributed by atoms with Crippen molar-refractivity contribution in [3.05, 3.63) is 59.7 Å². The van der Waals surface area contributed by atoms with E-state index in [1.165, 1.54) is 33.3 Å². The van der Waals surface area contributed by atoms with Crippen molar-refractivity contribution >= 4 is 10.9 Å². The first-order chi connectivity index (χ1) is 9.43. The summed E-state index contributed by atoms with van der Waals surface area (Å²) in [7, 11) is 0. The average Bonchev–Trinajstić information content (AvgIpc) is 2.81. The highest BCUT2D eigenvalue weighted by Crippen LogP contribution is 2.29. The monoisotopic (exact) mass is 263 g/mol. The van der Waals surface area contributed by atoms with Gasteiger partial charge < -0.3 is 4.98 Å². The molecular weight excluding hydrogens is 242 g/mol. The lowest BCUT2D eigenvalue weighted by molar-refractivity contribution is 0.591. The summed E-state index contributed by atoms with van der Waals surface area (Å²) in [5.41, 5.74) is 6.48. The van der Waals surface area contributed by atoms with Crippen molar-refractivity contribution < 1.29 is 0 Å². The Morgan fingerprint density at radius 1 is 0.850 bits per heavy atom. The van der Waals surface area contributed by atoms with Gasteiger partial charge in [0.15, 0.2) is 0 Å². The first-order valence-electron chi connectivity index (χ1n) is 7.14. The van der Waals surface area contributed by atoms with Gasteiger partial charge in [-0.15, -0.1) is 0 Å². The maximum absolute atomic E-state index is 3.51. The molecule has 0 spiro atoms. The lowest BCUT2D eigenvalue weighted by atomic mass is 9.86. The lowest BCUT2D eigenvalue weighted by Crippen LogP contribution is -2.10. The molecule has 0 amide bonds. The van der Waals surface area contributed by atoms with Crippen molar-refractivity contribution in [3.8, 4) is 11.3 Å². The van der Waals surface area contributed by atoms with Crippen LogP contribution in [0, 0.1) is 6.92 Å². The fourth-order valence-corrected chi connectivity index (χ4v) is 2.49. The van der Waals surface area contributed by atoms with Crippen LogP contribution in [-0.4, -0.2) is 4.98 Å². The third-order valence-corrected chi connectivity index (χ3v) is 3.85. The van der Waals surface area contributed by atoms with Gasteiger partial charge >= 0.3 is 0 Å². The van der Waals surface area contributed by atoms with Gasteiger partial charge in [0.25, 0.3) is 0 Å². The number of benzene rings is 2. The first-order valence-corrected chi connectivity index (χ1v) is 7.14. The number of rotatable bonds is 1. The van der Waals surface area contributed by atoms with E-state index in [0.717, 1.165) is 0 Å². The Morgan fingerprint density at radius 3 is 2.20 bits per heavy atom. The molecule has 1 heteroatoms. The third kappa shape index (κ3) is 2.36. The van der Waals surface area contributed by atoms with Crippen LogP contribution in [0.4, 0.5) is 0 Å². The molecule has 102 valence electrons. The molecule has 1 heterocycles. The zero-order valence-electron chi connectivity index (χ0n) is 12.6. The summed E-state index contributed by atoms with van der Waals surface area (Å²) >= 11 is 0. The van der Waals surface area contributed by atoms with Crippen molar-refractivity contribution in [2.75, 3.05) is 0 Å². The first kappa shape index (κ1) is 13.0. The van der Waals surface area contributed by atoms with E-state index in [4.69, 9.17) is 0 Å². The summed E-state index contributed by atoms with van der Waals surface area (Å²) in [5.74, 6) is 0. The van der Waals surface area contributed by atoms with Gasteiger partial charge in [-0.2, -0.15) is 0 Å². The normalized spacial score (nSPS) is 12.0. The predicted octanol–water partition coefficient (Wildman–Crippen LogP) is 5.44. The Hall–Kier alpha value is -2.02. The van der Waals surface area contributed by atoms with Gasteiger partial charge in [-0.3, -0.25) is 0 Å². The van der Waals surface area contributed by atoms with Crippen LogP contribution >= 0.6 is 0 Å². The highest BCUT2D eigenvalue weighted by Gasteiger charge is 2.14. The molecule has 2 aromatic carbocycles. The Morgan fingerprint density at radius 2 is 1.55 bits per heavy atom. The molecule has 0 radical (unpaired) electrons. The third-order valence-electron chi connectivity index (χ3n) is 3.85. The number of hydrogen-bond acceptors (Lipinski definition) is 0. The SMILES string of the molecule is Cc1ccc(-c2cc3cc(C(C)(C)C)ccc3[nH]2)cc1. The maximum atomic E-state index is 3.51. The smallest absolute Gasteiger partial charge is 0.0464 e. The number of H-pyrrole nitrogens is 1. The maximum Gasteiger partial charge on any atom is 0.0464 e. The van der Waals surface area contributed by atoms with E-state index in [1.54, 1.807) is 0 Å². The summed E-state index contributed by atoms with van der Waals surface area (Å²) in [4.78, 5) is 3.51. The van der Waals surface area contributed by atoms with E-state index < -0.39 is 0 Å². The highest BCUT2D eigenvalue weighted by atomic mass is 14.7. The van der Waals surface area contributed by atoms with Crippen molar-refractivity contribution in [1.29, 1.82) is 0 Å². The van der Waals surface area contributed by atoms with Crippen molar-refractivity contribution in [2.45, 2.75) is 33.1 Å². The van der Waals surface area contributed by atoms with E-state index in [0.29, 0.717) is 0 Å². The molecule has 0 unspecified atom stereocenters. The second-order valence-electron chi connectivity index (χ2n) is 6.60. The van der Waals surface area contributed by atoms with Gasteiger partial charge in [0.05, 0.1) is 0 Å². The molecule has 0 aliphatic rings. The van der Waals surface area contributed by atoms with Gasteiger partial charge in [-0.05, 0) is 41.7 Å². The molecule has 0 saturated carbocycles. The number of fused-ring (bicyclic) bond motifs is 1. The zero-order chi connectivity index (χ0) is 14.3. The summed E-state index contributed by atoms with van der Waals surface area (Å²) < 4.78 is 0.